The number of anilines is 1. The second-order valence-corrected chi connectivity index (χ2v) is 5.23. The van der Waals surface area contributed by atoms with Gasteiger partial charge in [-0.15, -0.1) is 0 Å². The summed E-state index contributed by atoms with van der Waals surface area (Å²) in [7, 11) is 0. The lowest BCUT2D eigenvalue weighted by Crippen LogP contribution is -2.30. The van der Waals surface area contributed by atoms with Crippen LogP contribution >= 0.6 is 23.2 Å². The van der Waals surface area contributed by atoms with E-state index in [9.17, 15) is 14.9 Å². The number of benzene rings is 2. The van der Waals surface area contributed by atoms with E-state index in [-0.39, 0.29) is 32.4 Å². The number of hydrogen-bond acceptors (Lipinski definition) is 3. The SMILES string of the molecule is N#Cc1cc(Cl)cc(Cl)c1N1C(=O)c2ccccc2C1=O. The number of fused-ring (bicyclic) bond motifs is 1. The summed E-state index contributed by atoms with van der Waals surface area (Å²) in [6.45, 7) is 0. The van der Waals surface area contributed by atoms with Crippen LogP contribution in [0.4, 0.5) is 5.69 Å². The van der Waals surface area contributed by atoms with Crippen molar-refractivity contribution in [2.45, 2.75) is 0 Å². The van der Waals surface area contributed by atoms with E-state index >= 15 is 0 Å². The van der Waals surface area contributed by atoms with Crippen LogP contribution in [0.2, 0.25) is 10.0 Å². The third kappa shape index (κ3) is 1.99. The first-order chi connectivity index (χ1) is 10.0. The molecule has 0 aromatic heterocycles. The van der Waals surface area contributed by atoms with Gasteiger partial charge in [-0.3, -0.25) is 9.59 Å². The molecule has 0 fully saturated rings. The summed E-state index contributed by atoms with van der Waals surface area (Å²) in [5.74, 6) is -1.01. The number of carbonyl (C=O) groups excluding carboxylic acids is 2. The largest absolute Gasteiger partial charge is 0.268 e. The van der Waals surface area contributed by atoms with E-state index in [2.05, 4.69) is 0 Å². The molecule has 1 aliphatic rings. The maximum Gasteiger partial charge on any atom is 0.266 e. The van der Waals surface area contributed by atoms with Crippen LogP contribution in [-0.4, -0.2) is 11.8 Å². The van der Waals surface area contributed by atoms with Crippen LogP contribution in [0.25, 0.3) is 0 Å². The normalized spacial score (nSPS) is 13.3. The van der Waals surface area contributed by atoms with E-state index < -0.39 is 11.8 Å². The summed E-state index contributed by atoms with van der Waals surface area (Å²) in [6, 6.07) is 11.1. The Morgan fingerprint density at radius 3 is 2.10 bits per heavy atom. The molecule has 2 aromatic carbocycles. The number of hydrogen-bond donors (Lipinski definition) is 0. The molecule has 2 amide bonds. The highest BCUT2D eigenvalue weighted by atomic mass is 35.5. The second-order valence-electron chi connectivity index (χ2n) is 4.39. The van der Waals surface area contributed by atoms with Crippen LogP contribution in [0.5, 0.6) is 0 Å². The molecule has 0 atom stereocenters. The van der Waals surface area contributed by atoms with Gasteiger partial charge in [0.25, 0.3) is 11.8 Å². The van der Waals surface area contributed by atoms with Crippen molar-refractivity contribution in [3.8, 4) is 6.07 Å². The van der Waals surface area contributed by atoms with Gasteiger partial charge in [0.1, 0.15) is 6.07 Å². The van der Waals surface area contributed by atoms with Gasteiger partial charge < -0.3 is 0 Å². The fourth-order valence-electron chi connectivity index (χ4n) is 2.27. The number of rotatable bonds is 1. The molecular weight excluding hydrogens is 311 g/mol. The van der Waals surface area contributed by atoms with E-state index in [1.807, 2.05) is 6.07 Å². The summed E-state index contributed by atoms with van der Waals surface area (Å²) in [4.78, 5) is 25.8. The van der Waals surface area contributed by atoms with E-state index in [0.29, 0.717) is 0 Å². The van der Waals surface area contributed by atoms with Crippen LogP contribution < -0.4 is 4.90 Å². The lowest BCUT2D eigenvalue weighted by atomic mass is 10.1. The number of imide groups is 1. The van der Waals surface area contributed by atoms with E-state index in [1.165, 1.54) is 12.1 Å². The second kappa shape index (κ2) is 4.88. The molecule has 2 aromatic rings. The molecule has 6 heteroatoms. The minimum Gasteiger partial charge on any atom is -0.268 e. The van der Waals surface area contributed by atoms with Crippen LogP contribution in [0.15, 0.2) is 36.4 Å². The van der Waals surface area contributed by atoms with Crippen molar-refractivity contribution >= 4 is 40.7 Å². The van der Waals surface area contributed by atoms with Gasteiger partial charge in [-0.1, -0.05) is 35.3 Å². The van der Waals surface area contributed by atoms with Gasteiger partial charge in [0.15, 0.2) is 0 Å². The van der Waals surface area contributed by atoms with Crippen molar-refractivity contribution in [2.24, 2.45) is 0 Å². The Kier molecular flexibility index (Phi) is 3.17. The third-order valence-electron chi connectivity index (χ3n) is 3.17. The predicted molar refractivity (Wildman–Crippen MR) is 78.8 cm³/mol. The lowest BCUT2D eigenvalue weighted by molar-refractivity contribution is 0.0926. The van der Waals surface area contributed by atoms with Crippen molar-refractivity contribution in [2.75, 3.05) is 4.90 Å². The number of halogens is 2. The van der Waals surface area contributed by atoms with Crippen LogP contribution in [-0.2, 0) is 0 Å². The molecule has 0 spiro atoms. The molecule has 1 heterocycles. The Morgan fingerprint density at radius 1 is 1.00 bits per heavy atom. The molecule has 3 rings (SSSR count). The molecule has 0 aliphatic carbocycles. The number of nitrogens with zero attached hydrogens (tertiary/aromatic N) is 2. The summed E-state index contributed by atoms with van der Waals surface area (Å²) in [6.07, 6.45) is 0. The summed E-state index contributed by atoms with van der Waals surface area (Å²) in [5.41, 5.74) is 0.714. The lowest BCUT2D eigenvalue weighted by Gasteiger charge is -2.17. The molecule has 102 valence electrons. The smallest absolute Gasteiger partial charge is 0.266 e. The van der Waals surface area contributed by atoms with Crippen molar-refractivity contribution in [3.05, 3.63) is 63.1 Å². The predicted octanol–water partition coefficient (Wildman–Crippen LogP) is 3.67. The standard InChI is InChI=1S/C15H6Cl2N2O2/c16-9-5-8(7-18)13(12(17)6-9)19-14(20)10-3-1-2-4-11(10)15(19)21/h1-6H. The van der Waals surface area contributed by atoms with Crippen molar-refractivity contribution in [1.82, 2.24) is 0 Å². The average Bonchev–Trinajstić information content (AvgIpc) is 2.71. The first-order valence-electron chi connectivity index (χ1n) is 5.91. The maximum absolute atomic E-state index is 12.4. The van der Waals surface area contributed by atoms with E-state index in [1.54, 1.807) is 24.3 Å². The van der Waals surface area contributed by atoms with Crippen molar-refractivity contribution in [3.63, 3.8) is 0 Å². The zero-order valence-corrected chi connectivity index (χ0v) is 11.9. The quantitative estimate of drug-likeness (QED) is 0.754. The van der Waals surface area contributed by atoms with Crippen molar-refractivity contribution < 1.29 is 9.59 Å². The fraction of sp³-hybridized carbons (Fsp3) is 0. The zero-order valence-electron chi connectivity index (χ0n) is 10.4. The van der Waals surface area contributed by atoms with Crippen LogP contribution in [0, 0.1) is 11.3 Å². The Bertz CT molecular complexity index is 805. The van der Waals surface area contributed by atoms with Gasteiger partial charge in [0, 0.05) is 5.02 Å². The highest BCUT2D eigenvalue weighted by Gasteiger charge is 2.38. The first kappa shape index (κ1) is 13.6. The first-order valence-corrected chi connectivity index (χ1v) is 6.67. The van der Waals surface area contributed by atoms with E-state index in [4.69, 9.17) is 23.2 Å². The topological polar surface area (TPSA) is 61.2 Å². The van der Waals surface area contributed by atoms with Crippen molar-refractivity contribution in [1.29, 1.82) is 5.26 Å². The van der Waals surface area contributed by atoms with Gasteiger partial charge in [-0.25, -0.2) is 4.90 Å². The molecule has 0 bridgehead atoms. The molecule has 21 heavy (non-hydrogen) atoms. The maximum atomic E-state index is 12.4. The van der Waals surface area contributed by atoms with Crippen LogP contribution in [0.3, 0.4) is 0 Å². The number of amides is 2. The monoisotopic (exact) mass is 316 g/mol. The molecule has 0 radical (unpaired) electrons. The Labute approximate surface area is 130 Å². The Balaban J connectivity index is 2.23. The Morgan fingerprint density at radius 2 is 1.57 bits per heavy atom. The van der Waals surface area contributed by atoms with Gasteiger partial charge in [-0.2, -0.15) is 5.26 Å². The van der Waals surface area contributed by atoms with Crippen LogP contribution in [0.1, 0.15) is 26.3 Å². The summed E-state index contributed by atoms with van der Waals surface area (Å²) >= 11 is 11.9. The zero-order chi connectivity index (χ0) is 15.1. The highest BCUT2D eigenvalue weighted by Crippen LogP contribution is 2.37. The average molecular weight is 317 g/mol. The summed E-state index contributed by atoms with van der Waals surface area (Å²) < 4.78 is 0. The minimum atomic E-state index is -0.503. The third-order valence-corrected chi connectivity index (χ3v) is 3.67. The van der Waals surface area contributed by atoms with Gasteiger partial charge in [-0.05, 0) is 24.3 Å². The molecule has 0 N–H and O–H groups in total. The molecule has 0 unspecified atom stereocenters. The van der Waals surface area contributed by atoms with Gasteiger partial charge in [0.2, 0.25) is 0 Å². The number of carbonyl (C=O) groups is 2. The fourth-order valence-corrected chi connectivity index (χ4v) is 2.85. The van der Waals surface area contributed by atoms with E-state index in [0.717, 1.165) is 4.90 Å². The molecular formula is C15H6Cl2N2O2. The molecule has 0 saturated carbocycles. The number of nitriles is 1. The van der Waals surface area contributed by atoms with Gasteiger partial charge in [0.05, 0.1) is 27.4 Å². The molecule has 1 aliphatic heterocycles. The summed E-state index contributed by atoms with van der Waals surface area (Å²) in [5, 5.41) is 9.54. The Hall–Kier alpha value is -2.35. The molecule has 4 nitrogen and oxygen atoms in total. The highest BCUT2D eigenvalue weighted by molar-refractivity contribution is 6.41. The van der Waals surface area contributed by atoms with Gasteiger partial charge >= 0.3 is 0 Å². The molecule has 0 saturated heterocycles. The minimum absolute atomic E-state index is 0.0646.